The number of benzene rings is 2. The molecule has 0 aliphatic carbocycles. The molecular formula is C15H12FNO3. The zero-order valence-electron chi connectivity index (χ0n) is 10.7. The van der Waals surface area contributed by atoms with Crippen LogP contribution >= 0.6 is 0 Å². The number of ether oxygens (including phenoxy) is 1. The summed E-state index contributed by atoms with van der Waals surface area (Å²) < 4.78 is 18.0. The maximum absolute atomic E-state index is 13.0. The van der Waals surface area contributed by atoms with E-state index < -0.39 is 17.5 Å². The second-order valence-electron chi connectivity index (χ2n) is 3.99. The minimum atomic E-state index is -0.847. The van der Waals surface area contributed by atoms with Crippen molar-refractivity contribution in [1.29, 1.82) is 0 Å². The first-order valence-electron chi connectivity index (χ1n) is 5.86. The van der Waals surface area contributed by atoms with Crippen molar-refractivity contribution >= 4 is 17.4 Å². The normalized spacial score (nSPS) is 9.90. The van der Waals surface area contributed by atoms with Gasteiger partial charge in [0.05, 0.1) is 12.7 Å². The third kappa shape index (κ3) is 3.00. The molecule has 0 radical (unpaired) electrons. The van der Waals surface area contributed by atoms with Crippen LogP contribution in [0, 0.1) is 5.82 Å². The maximum atomic E-state index is 13.0. The van der Waals surface area contributed by atoms with E-state index in [9.17, 15) is 14.0 Å². The summed E-state index contributed by atoms with van der Waals surface area (Å²) in [7, 11) is 1.41. The molecule has 0 aromatic heterocycles. The fraction of sp³-hybridized carbons (Fsp3) is 0.0667. The van der Waals surface area contributed by atoms with Gasteiger partial charge in [0.1, 0.15) is 11.6 Å². The number of halogens is 1. The van der Waals surface area contributed by atoms with E-state index in [0.29, 0.717) is 5.75 Å². The second-order valence-corrected chi connectivity index (χ2v) is 3.99. The number of carbonyl (C=O) groups is 2. The molecular weight excluding hydrogens is 261 g/mol. The van der Waals surface area contributed by atoms with Gasteiger partial charge < -0.3 is 10.1 Å². The molecule has 0 spiro atoms. The van der Waals surface area contributed by atoms with Crippen molar-refractivity contribution in [1.82, 2.24) is 0 Å². The third-order valence-corrected chi connectivity index (χ3v) is 2.64. The molecule has 0 aliphatic rings. The van der Waals surface area contributed by atoms with Gasteiger partial charge in [-0.1, -0.05) is 18.2 Å². The summed E-state index contributed by atoms with van der Waals surface area (Å²) in [6, 6.07) is 11.7. The van der Waals surface area contributed by atoms with Crippen molar-refractivity contribution in [3.05, 3.63) is 59.9 Å². The van der Waals surface area contributed by atoms with Gasteiger partial charge in [-0.2, -0.15) is 0 Å². The van der Waals surface area contributed by atoms with Gasteiger partial charge in [-0.3, -0.25) is 9.59 Å². The number of hydrogen-bond donors (Lipinski definition) is 1. The summed E-state index contributed by atoms with van der Waals surface area (Å²) in [5.74, 6) is -1.77. The number of anilines is 1. The van der Waals surface area contributed by atoms with E-state index in [1.54, 1.807) is 18.2 Å². The molecule has 0 bridgehead atoms. The van der Waals surface area contributed by atoms with Gasteiger partial charge in [0.15, 0.2) is 0 Å². The zero-order valence-corrected chi connectivity index (χ0v) is 10.7. The van der Waals surface area contributed by atoms with Gasteiger partial charge >= 0.3 is 0 Å². The molecule has 1 amide bonds. The Kier molecular flexibility index (Phi) is 4.10. The molecule has 0 heterocycles. The second kappa shape index (κ2) is 5.97. The Bertz CT molecular complexity index is 655. The number of rotatable bonds is 4. The number of ketones is 1. The summed E-state index contributed by atoms with van der Waals surface area (Å²) in [5.41, 5.74) is 0.377. The molecule has 0 aliphatic heterocycles. The summed E-state index contributed by atoms with van der Waals surface area (Å²) in [6.45, 7) is 0. The van der Waals surface area contributed by atoms with E-state index in [1.165, 1.54) is 31.4 Å². The fourth-order valence-corrected chi connectivity index (χ4v) is 1.71. The molecule has 5 heteroatoms. The lowest BCUT2D eigenvalue weighted by atomic mass is 10.1. The average molecular weight is 273 g/mol. The number of Topliss-reactive ketones (excluding diaryl/α,β-unsaturated/α-hetero) is 1. The van der Waals surface area contributed by atoms with Crippen molar-refractivity contribution in [3.8, 4) is 5.75 Å². The SMILES string of the molecule is COc1ccccc1C(=O)C(=O)Nc1cccc(F)c1. The monoisotopic (exact) mass is 273 g/mol. The van der Waals surface area contributed by atoms with Gasteiger partial charge in [-0.15, -0.1) is 0 Å². The topological polar surface area (TPSA) is 55.4 Å². The Balaban J connectivity index is 2.19. The largest absolute Gasteiger partial charge is 0.496 e. The first-order valence-corrected chi connectivity index (χ1v) is 5.86. The highest BCUT2D eigenvalue weighted by Gasteiger charge is 2.20. The number of carbonyl (C=O) groups excluding carboxylic acids is 2. The highest BCUT2D eigenvalue weighted by Crippen LogP contribution is 2.18. The Morgan fingerprint density at radius 1 is 1.10 bits per heavy atom. The summed E-state index contributed by atoms with van der Waals surface area (Å²) >= 11 is 0. The maximum Gasteiger partial charge on any atom is 0.296 e. The fourth-order valence-electron chi connectivity index (χ4n) is 1.71. The molecule has 0 saturated heterocycles. The van der Waals surface area contributed by atoms with Crippen LogP contribution in [0.2, 0.25) is 0 Å². The van der Waals surface area contributed by atoms with Crippen LogP contribution in [-0.4, -0.2) is 18.8 Å². The van der Waals surface area contributed by atoms with E-state index >= 15 is 0 Å². The van der Waals surface area contributed by atoms with Crippen LogP contribution in [0.15, 0.2) is 48.5 Å². The molecule has 1 N–H and O–H groups in total. The summed E-state index contributed by atoms with van der Waals surface area (Å²) in [4.78, 5) is 23.9. The molecule has 0 saturated carbocycles. The van der Waals surface area contributed by atoms with Gasteiger partial charge in [0.25, 0.3) is 11.7 Å². The van der Waals surface area contributed by atoms with E-state index in [0.717, 1.165) is 6.07 Å². The lowest BCUT2D eigenvalue weighted by molar-refractivity contribution is -0.112. The standard InChI is InChI=1S/C15H12FNO3/c1-20-13-8-3-2-7-12(13)14(18)15(19)17-11-6-4-5-10(16)9-11/h2-9H,1H3,(H,17,19). The molecule has 4 nitrogen and oxygen atoms in total. The molecule has 2 aromatic carbocycles. The van der Waals surface area contributed by atoms with Crippen LogP contribution in [0.4, 0.5) is 10.1 Å². The number of nitrogens with one attached hydrogen (secondary N) is 1. The van der Waals surface area contributed by atoms with Gasteiger partial charge in [-0.25, -0.2) is 4.39 Å². The number of para-hydroxylation sites is 1. The smallest absolute Gasteiger partial charge is 0.296 e. The quantitative estimate of drug-likeness (QED) is 0.688. The van der Waals surface area contributed by atoms with Crippen molar-refractivity contribution in [2.45, 2.75) is 0 Å². The van der Waals surface area contributed by atoms with Crippen LogP contribution < -0.4 is 10.1 Å². The van der Waals surface area contributed by atoms with Crippen LogP contribution in [0.25, 0.3) is 0 Å². The molecule has 0 unspecified atom stereocenters. The highest BCUT2D eigenvalue weighted by atomic mass is 19.1. The van der Waals surface area contributed by atoms with E-state index in [2.05, 4.69) is 5.32 Å². The van der Waals surface area contributed by atoms with E-state index in [-0.39, 0.29) is 11.3 Å². The minimum Gasteiger partial charge on any atom is -0.496 e. The first-order chi connectivity index (χ1) is 9.61. The van der Waals surface area contributed by atoms with Crippen molar-refractivity contribution in [2.75, 3.05) is 12.4 Å². The highest BCUT2D eigenvalue weighted by molar-refractivity contribution is 6.47. The van der Waals surface area contributed by atoms with Gasteiger partial charge in [0, 0.05) is 5.69 Å². The molecule has 20 heavy (non-hydrogen) atoms. The van der Waals surface area contributed by atoms with Crippen LogP contribution in [0.3, 0.4) is 0 Å². The van der Waals surface area contributed by atoms with Crippen molar-refractivity contribution < 1.29 is 18.7 Å². The molecule has 0 atom stereocenters. The van der Waals surface area contributed by atoms with Gasteiger partial charge in [-0.05, 0) is 30.3 Å². The Morgan fingerprint density at radius 3 is 2.55 bits per heavy atom. The predicted molar refractivity (Wildman–Crippen MR) is 72.4 cm³/mol. The van der Waals surface area contributed by atoms with Gasteiger partial charge in [0.2, 0.25) is 0 Å². The Hall–Kier alpha value is -2.69. The summed E-state index contributed by atoms with van der Waals surface area (Å²) in [6.07, 6.45) is 0. The van der Waals surface area contributed by atoms with Crippen LogP contribution in [0.5, 0.6) is 5.75 Å². The van der Waals surface area contributed by atoms with Crippen molar-refractivity contribution in [3.63, 3.8) is 0 Å². The van der Waals surface area contributed by atoms with E-state index in [4.69, 9.17) is 4.74 Å². The first kappa shape index (κ1) is 13.7. The summed E-state index contributed by atoms with van der Waals surface area (Å²) in [5, 5.41) is 2.35. The predicted octanol–water partition coefficient (Wildman–Crippen LogP) is 2.66. The Labute approximate surface area is 115 Å². The minimum absolute atomic E-state index is 0.156. The molecule has 0 fully saturated rings. The third-order valence-electron chi connectivity index (χ3n) is 2.64. The lowest BCUT2D eigenvalue weighted by Crippen LogP contribution is -2.23. The average Bonchev–Trinajstić information content (AvgIpc) is 2.46. The Morgan fingerprint density at radius 2 is 1.85 bits per heavy atom. The van der Waals surface area contributed by atoms with Crippen molar-refractivity contribution in [2.24, 2.45) is 0 Å². The number of methoxy groups -OCH3 is 1. The van der Waals surface area contributed by atoms with E-state index in [1.807, 2.05) is 0 Å². The van der Waals surface area contributed by atoms with Crippen LogP contribution in [0.1, 0.15) is 10.4 Å². The van der Waals surface area contributed by atoms with Crippen LogP contribution in [-0.2, 0) is 4.79 Å². The number of hydrogen-bond acceptors (Lipinski definition) is 3. The number of amides is 1. The zero-order chi connectivity index (χ0) is 14.5. The molecule has 102 valence electrons. The molecule has 2 rings (SSSR count). The molecule has 2 aromatic rings. The lowest BCUT2D eigenvalue weighted by Gasteiger charge is -2.07.